The first-order chi connectivity index (χ1) is 6.77. The number of thioether (sulfide) groups is 1. The molecule has 0 aliphatic carbocycles. The zero-order valence-electron chi connectivity index (χ0n) is 7.34. The van der Waals surface area contributed by atoms with E-state index in [1.807, 2.05) is 0 Å². The van der Waals surface area contributed by atoms with Crippen LogP contribution >= 0.6 is 11.8 Å². The second-order valence-electron chi connectivity index (χ2n) is 2.81. The van der Waals surface area contributed by atoms with E-state index in [4.69, 9.17) is 10.5 Å². The summed E-state index contributed by atoms with van der Waals surface area (Å²) in [6.07, 6.45) is 3.78. The Labute approximate surface area is 85.1 Å². The normalized spacial score (nSPS) is 20.9. The Balaban J connectivity index is 2.10. The van der Waals surface area contributed by atoms with Crippen LogP contribution in [0, 0.1) is 0 Å². The van der Waals surface area contributed by atoms with Crippen LogP contribution in [0.15, 0.2) is 17.4 Å². The molecule has 0 amide bonds. The third-order valence-electron chi connectivity index (χ3n) is 1.83. The van der Waals surface area contributed by atoms with E-state index in [1.165, 1.54) is 18.0 Å². The average molecular weight is 211 g/mol. The van der Waals surface area contributed by atoms with E-state index in [9.17, 15) is 4.79 Å². The van der Waals surface area contributed by atoms with E-state index in [-0.39, 0.29) is 11.2 Å². The van der Waals surface area contributed by atoms with Gasteiger partial charge in [0.2, 0.25) is 0 Å². The second kappa shape index (κ2) is 3.83. The van der Waals surface area contributed by atoms with Crippen molar-refractivity contribution in [2.75, 3.05) is 12.3 Å². The fraction of sp³-hybridized carbons (Fsp3) is 0.375. The van der Waals surface area contributed by atoms with Crippen molar-refractivity contribution < 1.29 is 9.53 Å². The summed E-state index contributed by atoms with van der Waals surface area (Å²) in [5, 5.41) is 0.408. The highest BCUT2D eigenvalue weighted by atomic mass is 32.2. The summed E-state index contributed by atoms with van der Waals surface area (Å²) in [5.41, 5.74) is 5.60. The van der Waals surface area contributed by atoms with Crippen LogP contribution in [0.1, 0.15) is 6.42 Å². The minimum Gasteiger partial charge on any atom is -0.465 e. The summed E-state index contributed by atoms with van der Waals surface area (Å²) >= 11 is 1.31. The Kier molecular flexibility index (Phi) is 2.53. The highest BCUT2D eigenvalue weighted by molar-refractivity contribution is 8.00. The van der Waals surface area contributed by atoms with E-state index in [1.54, 1.807) is 6.20 Å². The molecule has 0 radical (unpaired) electrons. The predicted octanol–water partition coefficient (Wildman–Crippen LogP) is 0.466. The van der Waals surface area contributed by atoms with E-state index >= 15 is 0 Å². The molecule has 1 atom stereocenters. The summed E-state index contributed by atoms with van der Waals surface area (Å²) in [7, 11) is 0. The number of hydrogen-bond donors (Lipinski definition) is 1. The topological polar surface area (TPSA) is 78.1 Å². The number of cyclic esters (lactones) is 1. The maximum atomic E-state index is 11.2. The molecule has 0 saturated carbocycles. The molecule has 1 saturated heterocycles. The molecule has 0 aromatic carbocycles. The molecule has 1 aliphatic rings. The molecule has 0 bridgehead atoms. The quantitative estimate of drug-likeness (QED) is 0.716. The third-order valence-corrected chi connectivity index (χ3v) is 3.08. The molecule has 2 rings (SSSR count). The van der Waals surface area contributed by atoms with Gasteiger partial charge in [-0.25, -0.2) is 9.97 Å². The SMILES string of the molecule is Nc1nccnc1SC1CCOC1=O. The van der Waals surface area contributed by atoms with Crippen LogP contribution < -0.4 is 5.73 Å². The van der Waals surface area contributed by atoms with Crippen molar-refractivity contribution >= 4 is 23.5 Å². The number of esters is 1. The highest BCUT2D eigenvalue weighted by Gasteiger charge is 2.28. The zero-order chi connectivity index (χ0) is 9.97. The minimum absolute atomic E-state index is 0.186. The van der Waals surface area contributed by atoms with E-state index in [2.05, 4.69) is 9.97 Å². The van der Waals surface area contributed by atoms with Crippen molar-refractivity contribution in [3.8, 4) is 0 Å². The highest BCUT2D eigenvalue weighted by Crippen LogP contribution is 2.30. The lowest BCUT2D eigenvalue weighted by molar-refractivity contribution is -0.137. The van der Waals surface area contributed by atoms with Gasteiger partial charge in [0.1, 0.15) is 10.3 Å². The summed E-state index contributed by atoms with van der Waals surface area (Å²) < 4.78 is 4.83. The maximum absolute atomic E-state index is 11.2. The van der Waals surface area contributed by atoms with Crippen LogP contribution in [-0.2, 0) is 9.53 Å². The molecule has 1 aromatic rings. The van der Waals surface area contributed by atoms with Gasteiger partial charge in [0.15, 0.2) is 5.82 Å². The third kappa shape index (κ3) is 1.79. The van der Waals surface area contributed by atoms with Crippen molar-refractivity contribution in [3.05, 3.63) is 12.4 Å². The van der Waals surface area contributed by atoms with Gasteiger partial charge in [0.25, 0.3) is 0 Å². The molecule has 1 aromatic heterocycles. The van der Waals surface area contributed by atoms with E-state index < -0.39 is 0 Å². The Morgan fingerprint density at radius 1 is 1.50 bits per heavy atom. The fourth-order valence-electron chi connectivity index (χ4n) is 1.15. The Bertz CT molecular complexity index is 358. The van der Waals surface area contributed by atoms with Gasteiger partial charge in [-0.1, -0.05) is 11.8 Å². The molecule has 2 N–H and O–H groups in total. The van der Waals surface area contributed by atoms with Gasteiger partial charge in [0, 0.05) is 18.8 Å². The Morgan fingerprint density at radius 3 is 2.93 bits per heavy atom. The van der Waals surface area contributed by atoms with Gasteiger partial charge in [-0.3, -0.25) is 4.79 Å². The van der Waals surface area contributed by atoms with Gasteiger partial charge in [0.05, 0.1) is 6.61 Å². The van der Waals surface area contributed by atoms with E-state index in [0.717, 1.165) is 0 Å². The van der Waals surface area contributed by atoms with Gasteiger partial charge in [-0.05, 0) is 0 Å². The Morgan fingerprint density at radius 2 is 2.29 bits per heavy atom. The average Bonchev–Trinajstić information content (AvgIpc) is 2.56. The first kappa shape index (κ1) is 9.26. The number of carbonyl (C=O) groups is 1. The number of aromatic nitrogens is 2. The maximum Gasteiger partial charge on any atom is 0.319 e. The minimum atomic E-state index is -0.194. The number of nitrogens with zero attached hydrogens (tertiary/aromatic N) is 2. The number of hydrogen-bond acceptors (Lipinski definition) is 6. The monoisotopic (exact) mass is 211 g/mol. The molecule has 0 spiro atoms. The van der Waals surface area contributed by atoms with Crippen molar-refractivity contribution in [2.45, 2.75) is 16.7 Å². The lowest BCUT2D eigenvalue weighted by Crippen LogP contribution is -2.10. The molecular weight excluding hydrogens is 202 g/mol. The van der Waals surface area contributed by atoms with E-state index in [0.29, 0.717) is 23.9 Å². The summed E-state index contributed by atoms with van der Waals surface area (Å²) in [4.78, 5) is 19.1. The van der Waals surface area contributed by atoms with Crippen molar-refractivity contribution in [3.63, 3.8) is 0 Å². The lowest BCUT2D eigenvalue weighted by atomic mass is 10.4. The van der Waals surface area contributed by atoms with Crippen molar-refractivity contribution in [1.29, 1.82) is 0 Å². The second-order valence-corrected chi connectivity index (χ2v) is 4.00. The number of nitrogens with two attached hydrogens (primary N) is 1. The van der Waals surface area contributed by atoms with Crippen LogP contribution in [0.5, 0.6) is 0 Å². The van der Waals surface area contributed by atoms with Gasteiger partial charge in [-0.2, -0.15) is 0 Å². The first-order valence-electron chi connectivity index (χ1n) is 4.17. The lowest BCUT2D eigenvalue weighted by Gasteiger charge is -2.05. The molecule has 74 valence electrons. The van der Waals surface area contributed by atoms with Crippen LogP contribution in [0.4, 0.5) is 5.82 Å². The largest absolute Gasteiger partial charge is 0.465 e. The first-order valence-corrected chi connectivity index (χ1v) is 5.05. The van der Waals surface area contributed by atoms with Gasteiger partial charge < -0.3 is 10.5 Å². The molecule has 1 aliphatic heterocycles. The van der Waals surface area contributed by atoms with Crippen molar-refractivity contribution in [1.82, 2.24) is 9.97 Å². The number of nitrogen functional groups attached to an aromatic ring is 1. The number of carbonyl (C=O) groups excluding carboxylic acids is 1. The molecule has 6 heteroatoms. The Hall–Kier alpha value is -1.30. The molecule has 5 nitrogen and oxygen atoms in total. The van der Waals surface area contributed by atoms with Crippen LogP contribution in [0.25, 0.3) is 0 Å². The fourth-order valence-corrected chi connectivity index (χ4v) is 2.09. The zero-order valence-corrected chi connectivity index (χ0v) is 8.16. The van der Waals surface area contributed by atoms with Crippen LogP contribution in [0.2, 0.25) is 0 Å². The predicted molar refractivity (Wildman–Crippen MR) is 51.7 cm³/mol. The van der Waals surface area contributed by atoms with Crippen LogP contribution in [0.3, 0.4) is 0 Å². The summed E-state index contributed by atoms with van der Waals surface area (Å²) in [6, 6.07) is 0. The number of anilines is 1. The van der Waals surface area contributed by atoms with Gasteiger partial charge in [-0.15, -0.1) is 0 Å². The van der Waals surface area contributed by atoms with Crippen molar-refractivity contribution in [2.24, 2.45) is 0 Å². The summed E-state index contributed by atoms with van der Waals surface area (Å²) in [5.74, 6) is 0.164. The molecule has 1 fully saturated rings. The van der Waals surface area contributed by atoms with Gasteiger partial charge >= 0.3 is 5.97 Å². The van der Waals surface area contributed by atoms with Crippen LogP contribution in [-0.4, -0.2) is 27.8 Å². The number of rotatable bonds is 2. The smallest absolute Gasteiger partial charge is 0.319 e. The molecule has 2 heterocycles. The molecular formula is C8H9N3O2S. The standard InChI is InChI=1S/C8H9N3O2S/c9-6-7(11-3-2-10-6)14-5-1-4-13-8(5)12/h2-3,5H,1,4H2,(H2,9,10). The molecule has 1 unspecified atom stereocenters. The number of ether oxygens (including phenoxy) is 1. The summed E-state index contributed by atoms with van der Waals surface area (Å²) in [6.45, 7) is 0.483. The molecule has 14 heavy (non-hydrogen) atoms.